The fourth-order valence-corrected chi connectivity index (χ4v) is 3.21. The summed E-state index contributed by atoms with van der Waals surface area (Å²) in [7, 11) is 1.37. The number of carbonyl (C=O) groups excluding carboxylic acids is 2. The number of allylic oxidation sites excluding steroid dienone is 1. The van der Waals surface area contributed by atoms with Crippen molar-refractivity contribution in [3.05, 3.63) is 39.1 Å². The van der Waals surface area contributed by atoms with E-state index < -0.39 is 23.0 Å². The third kappa shape index (κ3) is 5.44. The molecule has 2 rings (SSSR count). The Morgan fingerprint density at radius 2 is 1.94 bits per heavy atom. The van der Waals surface area contributed by atoms with Gasteiger partial charge in [0, 0.05) is 11.8 Å². The highest BCUT2D eigenvalue weighted by Gasteiger charge is 2.37. The lowest BCUT2D eigenvalue weighted by Crippen LogP contribution is -2.47. The molecule has 0 radical (unpaired) electrons. The van der Waals surface area contributed by atoms with E-state index in [0.29, 0.717) is 17.7 Å². The number of nitro benzene ring substituents is 1. The van der Waals surface area contributed by atoms with Gasteiger partial charge in [-0.3, -0.25) is 10.1 Å². The number of hydrogen-bond donors (Lipinski definition) is 2. The fraction of sp³-hybridized carbons (Fsp3) is 0.524. The largest absolute Gasteiger partial charge is 0.493 e. The van der Waals surface area contributed by atoms with Crippen molar-refractivity contribution < 1.29 is 28.7 Å². The molecule has 10 heteroatoms. The predicted octanol–water partition coefficient (Wildman–Crippen LogP) is 3.61. The summed E-state index contributed by atoms with van der Waals surface area (Å²) in [6, 6.07) is 1.31. The number of ether oxygens (including phenoxy) is 3. The molecule has 1 aromatic rings. The lowest BCUT2D eigenvalue weighted by atomic mass is 9.91. The normalized spacial score (nSPS) is 16.1. The van der Waals surface area contributed by atoms with Crippen molar-refractivity contribution in [1.82, 2.24) is 10.6 Å². The molecule has 2 amide bonds. The van der Waals surface area contributed by atoms with E-state index in [1.54, 1.807) is 13.8 Å². The minimum Gasteiger partial charge on any atom is -0.493 e. The number of nitro groups is 1. The zero-order valence-electron chi connectivity index (χ0n) is 18.6. The van der Waals surface area contributed by atoms with Gasteiger partial charge in [0.15, 0.2) is 5.75 Å². The number of carbonyl (C=O) groups is 2. The molecule has 0 bridgehead atoms. The van der Waals surface area contributed by atoms with Gasteiger partial charge in [0.25, 0.3) is 0 Å². The molecule has 1 aliphatic heterocycles. The summed E-state index contributed by atoms with van der Waals surface area (Å²) in [4.78, 5) is 36.4. The smallest absolute Gasteiger partial charge is 0.338 e. The maximum absolute atomic E-state index is 12.9. The van der Waals surface area contributed by atoms with Crippen molar-refractivity contribution in [2.24, 2.45) is 5.92 Å². The topological polar surface area (TPSA) is 129 Å². The molecule has 1 aliphatic rings. The van der Waals surface area contributed by atoms with E-state index >= 15 is 0 Å². The van der Waals surface area contributed by atoms with Crippen molar-refractivity contribution in [2.75, 3.05) is 13.7 Å². The first-order valence-electron chi connectivity index (χ1n) is 10.1. The molecule has 10 nitrogen and oxygen atoms in total. The number of esters is 1. The van der Waals surface area contributed by atoms with Crippen molar-refractivity contribution in [1.29, 1.82) is 0 Å². The molecule has 0 aromatic heterocycles. The highest BCUT2D eigenvalue weighted by molar-refractivity contribution is 5.95. The van der Waals surface area contributed by atoms with Crippen molar-refractivity contribution in [3.8, 4) is 11.5 Å². The summed E-state index contributed by atoms with van der Waals surface area (Å²) in [5, 5.41) is 17.1. The van der Waals surface area contributed by atoms with Crippen LogP contribution >= 0.6 is 0 Å². The Hall–Kier alpha value is -3.30. The van der Waals surface area contributed by atoms with Gasteiger partial charge in [-0.25, -0.2) is 9.59 Å². The van der Waals surface area contributed by atoms with Gasteiger partial charge in [-0.05, 0) is 37.8 Å². The van der Waals surface area contributed by atoms with E-state index in [1.807, 2.05) is 20.8 Å². The standard InChI is InChI=1S/C21H29N3O7/c1-7-8-30-19-14(24(27)28)9-13(10-15(19)29-6)18-16(20(25)31-12(4)5)17(11(2)3)22-21(26)23-18/h9-12,18H,7-8H2,1-6H3,(H2,22,23,26). The Bertz CT molecular complexity index is 893. The van der Waals surface area contributed by atoms with Crippen molar-refractivity contribution in [2.45, 2.75) is 53.2 Å². The third-order valence-electron chi connectivity index (χ3n) is 4.50. The average Bonchev–Trinajstić information content (AvgIpc) is 2.70. The summed E-state index contributed by atoms with van der Waals surface area (Å²) in [6.45, 7) is 9.22. The molecule has 0 saturated heterocycles. The van der Waals surface area contributed by atoms with Crippen molar-refractivity contribution in [3.63, 3.8) is 0 Å². The highest BCUT2D eigenvalue weighted by atomic mass is 16.6. The van der Waals surface area contributed by atoms with Gasteiger partial charge < -0.3 is 24.8 Å². The van der Waals surface area contributed by atoms with Crippen LogP contribution in [0.3, 0.4) is 0 Å². The lowest BCUT2D eigenvalue weighted by Gasteiger charge is -2.31. The van der Waals surface area contributed by atoms with E-state index in [9.17, 15) is 19.7 Å². The molecule has 31 heavy (non-hydrogen) atoms. The Kier molecular flexibility index (Phi) is 7.84. The highest BCUT2D eigenvalue weighted by Crippen LogP contribution is 2.42. The maximum atomic E-state index is 12.9. The number of rotatable bonds is 9. The van der Waals surface area contributed by atoms with Crippen molar-refractivity contribution >= 4 is 17.7 Å². The second-order valence-corrected chi connectivity index (χ2v) is 7.64. The Morgan fingerprint density at radius 3 is 2.45 bits per heavy atom. The first-order chi connectivity index (χ1) is 14.6. The number of nitrogens with zero attached hydrogens (tertiary/aromatic N) is 1. The molecule has 170 valence electrons. The van der Waals surface area contributed by atoms with Crippen LogP contribution in [0.5, 0.6) is 11.5 Å². The number of benzene rings is 1. The Labute approximate surface area is 181 Å². The van der Waals surface area contributed by atoms with Crippen LogP contribution in [-0.4, -0.2) is 36.7 Å². The summed E-state index contributed by atoms with van der Waals surface area (Å²) in [5.41, 5.74) is 0.559. The molecule has 1 heterocycles. The molecule has 1 atom stereocenters. The van der Waals surface area contributed by atoms with Crippen LogP contribution in [0.4, 0.5) is 10.5 Å². The molecule has 0 fully saturated rings. The summed E-state index contributed by atoms with van der Waals surface area (Å²) < 4.78 is 16.3. The Morgan fingerprint density at radius 1 is 1.26 bits per heavy atom. The SMILES string of the molecule is CCCOc1c(OC)cc(C2NC(=O)NC(C(C)C)=C2C(=O)OC(C)C)cc1[N+](=O)[O-]. The van der Waals surface area contributed by atoms with Crippen LogP contribution < -0.4 is 20.1 Å². The molecule has 0 spiro atoms. The van der Waals surface area contributed by atoms with E-state index in [4.69, 9.17) is 14.2 Å². The maximum Gasteiger partial charge on any atom is 0.338 e. The quantitative estimate of drug-likeness (QED) is 0.344. The van der Waals surface area contributed by atoms with Crippen LogP contribution in [0, 0.1) is 16.0 Å². The summed E-state index contributed by atoms with van der Waals surface area (Å²) in [6.07, 6.45) is 0.262. The summed E-state index contributed by atoms with van der Waals surface area (Å²) >= 11 is 0. The molecular formula is C21H29N3O7. The molecule has 1 aromatic carbocycles. The van der Waals surface area contributed by atoms with Gasteiger partial charge in [-0.15, -0.1) is 0 Å². The third-order valence-corrected chi connectivity index (χ3v) is 4.50. The number of nitrogens with one attached hydrogen (secondary N) is 2. The zero-order chi connectivity index (χ0) is 23.3. The number of urea groups is 1. The second-order valence-electron chi connectivity index (χ2n) is 7.64. The van der Waals surface area contributed by atoms with Gasteiger partial charge in [0.2, 0.25) is 5.75 Å². The van der Waals surface area contributed by atoms with Crippen LogP contribution in [-0.2, 0) is 9.53 Å². The van der Waals surface area contributed by atoms with Crippen LogP contribution in [0.1, 0.15) is 52.6 Å². The van der Waals surface area contributed by atoms with Crippen LogP contribution in [0.2, 0.25) is 0 Å². The lowest BCUT2D eigenvalue weighted by molar-refractivity contribution is -0.386. The second kappa shape index (κ2) is 10.1. The first-order valence-corrected chi connectivity index (χ1v) is 10.1. The predicted molar refractivity (Wildman–Crippen MR) is 113 cm³/mol. The van der Waals surface area contributed by atoms with Crippen LogP contribution in [0.25, 0.3) is 0 Å². The fourth-order valence-electron chi connectivity index (χ4n) is 3.21. The Balaban J connectivity index is 2.70. The molecule has 0 saturated carbocycles. The minimum atomic E-state index is -0.967. The molecular weight excluding hydrogens is 406 g/mol. The summed E-state index contributed by atoms with van der Waals surface area (Å²) in [5.74, 6) is -0.692. The van der Waals surface area contributed by atoms with Gasteiger partial charge >= 0.3 is 17.7 Å². The van der Waals surface area contributed by atoms with Gasteiger partial charge in [-0.1, -0.05) is 20.8 Å². The van der Waals surface area contributed by atoms with Gasteiger partial charge in [-0.2, -0.15) is 0 Å². The van der Waals surface area contributed by atoms with E-state index in [-0.39, 0.29) is 41.4 Å². The number of hydrogen-bond acceptors (Lipinski definition) is 7. The van der Waals surface area contributed by atoms with E-state index in [2.05, 4.69) is 10.6 Å². The molecule has 1 unspecified atom stereocenters. The monoisotopic (exact) mass is 435 g/mol. The van der Waals surface area contributed by atoms with Gasteiger partial charge in [0.05, 0.1) is 36.4 Å². The minimum absolute atomic E-state index is 0.00210. The van der Waals surface area contributed by atoms with Gasteiger partial charge in [0.1, 0.15) is 0 Å². The molecule has 0 aliphatic carbocycles. The average molecular weight is 435 g/mol. The van der Waals surface area contributed by atoms with Crippen LogP contribution in [0.15, 0.2) is 23.4 Å². The number of methoxy groups -OCH3 is 1. The zero-order valence-corrected chi connectivity index (χ0v) is 18.6. The van der Waals surface area contributed by atoms with E-state index in [0.717, 1.165) is 0 Å². The first kappa shape index (κ1) is 24.0. The molecule has 2 N–H and O–H groups in total. The number of amides is 2. The van der Waals surface area contributed by atoms with E-state index in [1.165, 1.54) is 19.2 Å².